The third-order valence-electron chi connectivity index (χ3n) is 13.6. The van der Waals surface area contributed by atoms with E-state index in [1.165, 1.54) is 88.6 Å². The highest BCUT2D eigenvalue weighted by atomic mass is 15.1. The van der Waals surface area contributed by atoms with Crippen LogP contribution in [0.5, 0.6) is 0 Å². The molecular formula is C63H46N2. The number of benzene rings is 10. The molecule has 0 saturated carbocycles. The molecule has 1 heterocycles. The van der Waals surface area contributed by atoms with Crippen molar-refractivity contribution in [2.75, 3.05) is 4.90 Å². The summed E-state index contributed by atoms with van der Waals surface area (Å²) >= 11 is 0. The lowest BCUT2D eigenvalue weighted by Gasteiger charge is -2.28. The molecular weight excluding hydrogens is 785 g/mol. The fourth-order valence-electron chi connectivity index (χ4n) is 10.2. The molecule has 1 aliphatic carbocycles. The SMILES string of the molecule is CC1(C)c2ccccc2-c2ccc(N(c3ccc(-c4ccccc4)cc3)c3ccc(-c4ccc5c(c4)c4cc(-c6ccccc6)ccc4n5-c4ccc(-c5ccccc5)cc4)cc3)cc21. The second-order valence-electron chi connectivity index (χ2n) is 17.8. The Morgan fingerprint density at radius 3 is 1.22 bits per heavy atom. The van der Waals surface area contributed by atoms with Gasteiger partial charge < -0.3 is 9.47 Å². The van der Waals surface area contributed by atoms with Crippen molar-refractivity contribution in [3.63, 3.8) is 0 Å². The summed E-state index contributed by atoms with van der Waals surface area (Å²) in [5.41, 5.74) is 21.8. The summed E-state index contributed by atoms with van der Waals surface area (Å²) < 4.78 is 2.42. The van der Waals surface area contributed by atoms with Crippen LogP contribution < -0.4 is 4.90 Å². The molecule has 2 heteroatoms. The number of aromatic nitrogens is 1. The van der Waals surface area contributed by atoms with Gasteiger partial charge in [0.25, 0.3) is 0 Å². The maximum absolute atomic E-state index is 2.42. The monoisotopic (exact) mass is 830 g/mol. The molecule has 10 aromatic carbocycles. The highest BCUT2D eigenvalue weighted by Crippen LogP contribution is 2.51. The van der Waals surface area contributed by atoms with Crippen LogP contribution in [-0.2, 0) is 5.41 Å². The van der Waals surface area contributed by atoms with Crippen molar-refractivity contribution in [1.29, 1.82) is 0 Å². The lowest BCUT2D eigenvalue weighted by Crippen LogP contribution is -2.16. The molecule has 12 rings (SSSR count). The average molecular weight is 831 g/mol. The predicted molar refractivity (Wildman–Crippen MR) is 275 cm³/mol. The quantitative estimate of drug-likeness (QED) is 0.148. The number of nitrogens with zero attached hydrogens (tertiary/aromatic N) is 2. The molecule has 0 atom stereocenters. The van der Waals surface area contributed by atoms with Crippen molar-refractivity contribution < 1.29 is 0 Å². The van der Waals surface area contributed by atoms with Crippen LogP contribution in [0.25, 0.3) is 83.1 Å². The molecule has 0 saturated heterocycles. The van der Waals surface area contributed by atoms with Gasteiger partial charge in [-0.3, -0.25) is 0 Å². The Bertz CT molecular complexity index is 3510. The summed E-state index contributed by atoms with van der Waals surface area (Å²) in [4.78, 5) is 2.41. The summed E-state index contributed by atoms with van der Waals surface area (Å²) in [6, 6.07) is 88.8. The molecule has 0 aliphatic heterocycles. The van der Waals surface area contributed by atoms with Gasteiger partial charge in [-0.25, -0.2) is 0 Å². The second kappa shape index (κ2) is 15.6. The van der Waals surface area contributed by atoms with Crippen molar-refractivity contribution in [3.05, 3.63) is 254 Å². The predicted octanol–water partition coefficient (Wildman–Crippen LogP) is 17.2. The zero-order chi connectivity index (χ0) is 43.5. The molecule has 0 unspecified atom stereocenters. The van der Waals surface area contributed by atoms with Crippen LogP contribution in [0.2, 0.25) is 0 Å². The molecule has 0 radical (unpaired) electrons. The van der Waals surface area contributed by atoms with Crippen molar-refractivity contribution in [2.24, 2.45) is 0 Å². The fraction of sp³-hybridized carbons (Fsp3) is 0.0476. The van der Waals surface area contributed by atoms with Gasteiger partial charge in [0.15, 0.2) is 0 Å². The Hall–Kier alpha value is -8.20. The molecule has 11 aromatic rings. The molecule has 1 aliphatic rings. The number of rotatable bonds is 8. The maximum atomic E-state index is 2.42. The van der Waals surface area contributed by atoms with Gasteiger partial charge in [0, 0.05) is 38.9 Å². The first-order valence-electron chi connectivity index (χ1n) is 22.6. The highest BCUT2D eigenvalue weighted by Gasteiger charge is 2.35. The molecule has 0 amide bonds. The standard InChI is InChI=1S/C63H46N2/c1-63(2)59-21-13-12-20-55(59)56-37-36-54(42-60(56)63)64(51-30-22-46(23-31-51)43-14-6-3-7-15-43)52-32-26-48(27-33-52)50-29-39-62-58(41-50)57-40-49(45-18-10-5-11-19-45)28-38-61(57)65(62)53-34-24-47(25-35-53)44-16-8-4-9-17-44/h3-42H,1-2H3. The number of hydrogen-bond donors (Lipinski definition) is 0. The van der Waals surface area contributed by atoms with Crippen molar-refractivity contribution in [3.8, 4) is 61.3 Å². The van der Waals surface area contributed by atoms with Gasteiger partial charge in [-0.05, 0) is 140 Å². The minimum atomic E-state index is -0.107. The number of anilines is 3. The van der Waals surface area contributed by atoms with Crippen molar-refractivity contribution >= 4 is 38.9 Å². The van der Waals surface area contributed by atoms with E-state index < -0.39 is 0 Å². The van der Waals surface area contributed by atoms with E-state index in [1.54, 1.807) is 0 Å². The van der Waals surface area contributed by atoms with E-state index in [0.29, 0.717) is 0 Å². The zero-order valence-electron chi connectivity index (χ0n) is 36.5. The van der Waals surface area contributed by atoms with Gasteiger partial charge in [0.05, 0.1) is 11.0 Å². The van der Waals surface area contributed by atoms with Crippen molar-refractivity contribution in [1.82, 2.24) is 4.57 Å². The molecule has 0 N–H and O–H groups in total. The normalized spacial score (nSPS) is 12.6. The Morgan fingerprint density at radius 2 is 0.692 bits per heavy atom. The Balaban J connectivity index is 0.957. The Labute approximate surface area is 381 Å². The van der Waals surface area contributed by atoms with E-state index in [9.17, 15) is 0 Å². The smallest absolute Gasteiger partial charge is 0.0541 e. The van der Waals surface area contributed by atoms with Gasteiger partial charge >= 0.3 is 0 Å². The van der Waals surface area contributed by atoms with Crippen molar-refractivity contribution in [2.45, 2.75) is 19.3 Å². The largest absolute Gasteiger partial charge is 0.310 e. The second-order valence-corrected chi connectivity index (χ2v) is 17.8. The summed E-state index contributed by atoms with van der Waals surface area (Å²) in [5.74, 6) is 0. The molecule has 65 heavy (non-hydrogen) atoms. The van der Waals surface area contributed by atoms with E-state index in [1.807, 2.05) is 0 Å². The van der Waals surface area contributed by atoms with E-state index in [0.717, 1.165) is 22.7 Å². The van der Waals surface area contributed by atoms with Gasteiger partial charge in [0.1, 0.15) is 0 Å². The number of fused-ring (bicyclic) bond motifs is 6. The maximum Gasteiger partial charge on any atom is 0.0541 e. The van der Waals surface area contributed by atoms with Crippen LogP contribution in [0.1, 0.15) is 25.0 Å². The lowest BCUT2D eigenvalue weighted by molar-refractivity contribution is 0.660. The van der Waals surface area contributed by atoms with Crippen LogP contribution in [0.15, 0.2) is 243 Å². The van der Waals surface area contributed by atoms with E-state index in [2.05, 4.69) is 266 Å². The summed E-state index contributed by atoms with van der Waals surface area (Å²) in [6.07, 6.45) is 0. The van der Waals surface area contributed by atoms with E-state index >= 15 is 0 Å². The fourth-order valence-corrected chi connectivity index (χ4v) is 10.2. The van der Waals surface area contributed by atoms with Crippen LogP contribution in [-0.4, -0.2) is 4.57 Å². The first kappa shape index (κ1) is 38.5. The third kappa shape index (κ3) is 6.65. The van der Waals surface area contributed by atoms with Gasteiger partial charge in [-0.2, -0.15) is 0 Å². The highest BCUT2D eigenvalue weighted by molar-refractivity contribution is 6.11. The average Bonchev–Trinajstić information content (AvgIpc) is 3.82. The van der Waals surface area contributed by atoms with Crippen LogP contribution in [0, 0.1) is 0 Å². The summed E-state index contributed by atoms with van der Waals surface area (Å²) in [5, 5.41) is 2.46. The molecule has 1 aromatic heterocycles. The molecule has 0 spiro atoms. The van der Waals surface area contributed by atoms with Gasteiger partial charge in [-0.1, -0.05) is 184 Å². The first-order chi connectivity index (χ1) is 32.0. The van der Waals surface area contributed by atoms with Crippen LogP contribution in [0.4, 0.5) is 17.1 Å². The molecule has 0 fully saturated rings. The molecule has 0 bridgehead atoms. The van der Waals surface area contributed by atoms with Gasteiger partial charge in [-0.15, -0.1) is 0 Å². The minimum Gasteiger partial charge on any atom is -0.310 e. The van der Waals surface area contributed by atoms with Gasteiger partial charge in [0.2, 0.25) is 0 Å². The zero-order valence-corrected chi connectivity index (χ0v) is 36.5. The summed E-state index contributed by atoms with van der Waals surface area (Å²) in [6.45, 7) is 4.71. The van der Waals surface area contributed by atoms with E-state index in [4.69, 9.17) is 0 Å². The first-order valence-corrected chi connectivity index (χ1v) is 22.6. The topological polar surface area (TPSA) is 8.17 Å². The van der Waals surface area contributed by atoms with Crippen LogP contribution in [0.3, 0.4) is 0 Å². The van der Waals surface area contributed by atoms with E-state index in [-0.39, 0.29) is 5.41 Å². The molecule has 308 valence electrons. The van der Waals surface area contributed by atoms with Crippen LogP contribution >= 0.6 is 0 Å². The Morgan fingerprint density at radius 1 is 0.308 bits per heavy atom. The minimum absolute atomic E-state index is 0.107. The lowest BCUT2D eigenvalue weighted by atomic mass is 9.82. The Kier molecular flexibility index (Phi) is 9.21. The molecule has 2 nitrogen and oxygen atoms in total. The number of hydrogen-bond acceptors (Lipinski definition) is 1. The third-order valence-corrected chi connectivity index (χ3v) is 13.6. The summed E-state index contributed by atoms with van der Waals surface area (Å²) in [7, 11) is 0.